The first-order valence-electron chi connectivity index (χ1n) is 5.15. The van der Waals surface area contributed by atoms with Crippen molar-refractivity contribution in [3.8, 4) is 0 Å². The molecule has 16 heavy (non-hydrogen) atoms. The highest BCUT2D eigenvalue weighted by Crippen LogP contribution is 2.03. The molecule has 1 N–H and O–H groups in total. The third-order valence-electron chi connectivity index (χ3n) is 2.08. The van der Waals surface area contributed by atoms with E-state index < -0.39 is 10.0 Å². The van der Waals surface area contributed by atoms with Gasteiger partial charge in [0, 0.05) is 13.1 Å². The van der Waals surface area contributed by atoms with Crippen molar-refractivity contribution >= 4 is 10.0 Å². The minimum absolute atomic E-state index is 0.0429. The van der Waals surface area contributed by atoms with Crippen molar-refractivity contribution in [2.45, 2.75) is 5.75 Å². The highest BCUT2D eigenvalue weighted by molar-refractivity contribution is 7.88. The predicted molar refractivity (Wildman–Crippen MR) is 65.6 cm³/mol. The van der Waals surface area contributed by atoms with Crippen LogP contribution in [0.4, 0.5) is 0 Å². The molecule has 0 aliphatic carbocycles. The van der Waals surface area contributed by atoms with Crippen molar-refractivity contribution < 1.29 is 8.42 Å². The number of likely N-dealkylation sites (N-methyl/N-ethyl adjacent to an activating group) is 1. The molecule has 4 nitrogen and oxygen atoms in total. The van der Waals surface area contributed by atoms with Gasteiger partial charge in [0.1, 0.15) is 0 Å². The van der Waals surface area contributed by atoms with Gasteiger partial charge in [-0.2, -0.15) is 0 Å². The van der Waals surface area contributed by atoms with Gasteiger partial charge in [0.25, 0.3) is 0 Å². The third-order valence-corrected chi connectivity index (χ3v) is 3.44. The van der Waals surface area contributed by atoms with E-state index in [1.165, 1.54) is 0 Å². The van der Waals surface area contributed by atoms with Gasteiger partial charge in [-0.3, -0.25) is 0 Å². The molecule has 1 aromatic carbocycles. The van der Waals surface area contributed by atoms with Crippen molar-refractivity contribution in [2.75, 3.05) is 27.2 Å². The maximum absolute atomic E-state index is 11.7. The molecular weight excluding hydrogens is 224 g/mol. The summed E-state index contributed by atoms with van der Waals surface area (Å²) in [6, 6.07) is 9.17. The number of hydrogen-bond acceptors (Lipinski definition) is 3. The van der Waals surface area contributed by atoms with Crippen LogP contribution in [-0.2, 0) is 15.8 Å². The summed E-state index contributed by atoms with van der Waals surface area (Å²) < 4.78 is 25.9. The summed E-state index contributed by atoms with van der Waals surface area (Å²) in [6.07, 6.45) is 0. The second kappa shape index (κ2) is 5.98. The number of hydrogen-bond donors (Lipinski definition) is 1. The molecule has 0 spiro atoms. The molecule has 0 bridgehead atoms. The van der Waals surface area contributed by atoms with Crippen LogP contribution in [0.15, 0.2) is 30.3 Å². The molecule has 0 aromatic heterocycles. The van der Waals surface area contributed by atoms with Crippen molar-refractivity contribution in [2.24, 2.45) is 0 Å². The zero-order valence-corrected chi connectivity index (χ0v) is 10.5. The average Bonchev–Trinajstić information content (AvgIpc) is 2.17. The van der Waals surface area contributed by atoms with Gasteiger partial charge in [0.15, 0.2) is 0 Å². The smallest absolute Gasteiger partial charge is 0.215 e. The number of benzene rings is 1. The summed E-state index contributed by atoms with van der Waals surface area (Å²) in [5.74, 6) is 0.0429. The fourth-order valence-electron chi connectivity index (χ4n) is 1.27. The number of rotatable bonds is 6. The Morgan fingerprint density at radius 3 is 2.38 bits per heavy atom. The summed E-state index contributed by atoms with van der Waals surface area (Å²) in [7, 11) is 0.609. The lowest BCUT2D eigenvalue weighted by Crippen LogP contribution is -2.32. The van der Waals surface area contributed by atoms with E-state index in [2.05, 4.69) is 4.72 Å². The van der Waals surface area contributed by atoms with Crippen LogP contribution in [0.1, 0.15) is 5.56 Å². The van der Waals surface area contributed by atoms with Gasteiger partial charge in [0.05, 0.1) is 5.75 Å². The van der Waals surface area contributed by atoms with Crippen LogP contribution in [0.5, 0.6) is 0 Å². The van der Waals surface area contributed by atoms with E-state index in [1.807, 2.05) is 49.3 Å². The summed E-state index contributed by atoms with van der Waals surface area (Å²) in [5.41, 5.74) is 0.805. The Kier molecular flexibility index (Phi) is 4.92. The molecule has 90 valence electrons. The van der Waals surface area contributed by atoms with Crippen molar-refractivity contribution in [3.63, 3.8) is 0 Å². The molecule has 0 aliphatic heterocycles. The predicted octanol–water partition coefficient (Wildman–Crippen LogP) is 0.668. The van der Waals surface area contributed by atoms with Gasteiger partial charge >= 0.3 is 0 Å². The van der Waals surface area contributed by atoms with Crippen LogP contribution in [0.25, 0.3) is 0 Å². The number of sulfonamides is 1. The minimum Gasteiger partial charge on any atom is -0.308 e. The highest BCUT2D eigenvalue weighted by Gasteiger charge is 2.10. The first kappa shape index (κ1) is 13.2. The normalized spacial score (nSPS) is 11.9. The van der Waals surface area contributed by atoms with E-state index in [0.717, 1.165) is 5.56 Å². The Balaban J connectivity index is 2.46. The number of nitrogens with zero attached hydrogens (tertiary/aromatic N) is 1. The molecule has 0 fully saturated rings. The molecule has 0 saturated carbocycles. The van der Waals surface area contributed by atoms with Gasteiger partial charge in [-0.1, -0.05) is 30.3 Å². The van der Waals surface area contributed by atoms with Gasteiger partial charge in [-0.05, 0) is 19.7 Å². The molecule has 0 atom stereocenters. The van der Waals surface area contributed by atoms with Crippen LogP contribution >= 0.6 is 0 Å². The quantitative estimate of drug-likeness (QED) is 0.797. The molecule has 0 radical (unpaired) electrons. The summed E-state index contributed by atoms with van der Waals surface area (Å²) in [6.45, 7) is 1.15. The maximum Gasteiger partial charge on any atom is 0.215 e. The Bertz CT molecular complexity index is 401. The van der Waals surface area contributed by atoms with Gasteiger partial charge < -0.3 is 4.90 Å². The lowest BCUT2D eigenvalue weighted by Gasteiger charge is -2.10. The van der Waals surface area contributed by atoms with Crippen LogP contribution < -0.4 is 4.72 Å². The van der Waals surface area contributed by atoms with E-state index in [9.17, 15) is 8.42 Å². The summed E-state index contributed by atoms with van der Waals surface area (Å²) >= 11 is 0. The summed E-state index contributed by atoms with van der Waals surface area (Å²) in [5, 5.41) is 0. The van der Waals surface area contributed by atoms with Crippen LogP contribution in [0, 0.1) is 0 Å². The molecule has 1 rings (SSSR count). The van der Waals surface area contributed by atoms with E-state index >= 15 is 0 Å². The Morgan fingerprint density at radius 2 is 1.81 bits per heavy atom. The number of nitrogens with one attached hydrogen (secondary N) is 1. The van der Waals surface area contributed by atoms with Gasteiger partial charge in [-0.15, -0.1) is 0 Å². The fraction of sp³-hybridized carbons (Fsp3) is 0.455. The first-order valence-corrected chi connectivity index (χ1v) is 6.81. The SMILES string of the molecule is CN(C)CCNS(=O)(=O)Cc1ccccc1. The molecule has 0 heterocycles. The first-order chi connectivity index (χ1) is 7.49. The minimum atomic E-state index is -3.21. The standard InChI is InChI=1S/C11H18N2O2S/c1-13(2)9-8-12-16(14,15)10-11-6-4-3-5-7-11/h3-7,12H,8-10H2,1-2H3. The monoisotopic (exact) mass is 242 g/mol. The van der Waals surface area contributed by atoms with Crippen LogP contribution in [0.3, 0.4) is 0 Å². The van der Waals surface area contributed by atoms with Crippen LogP contribution in [-0.4, -0.2) is 40.5 Å². The second-order valence-electron chi connectivity index (χ2n) is 3.94. The lowest BCUT2D eigenvalue weighted by atomic mass is 10.2. The maximum atomic E-state index is 11.7. The molecule has 5 heteroatoms. The molecule has 0 aliphatic rings. The van der Waals surface area contributed by atoms with Crippen LogP contribution in [0.2, 0.25) is 0 Å². The van der Waals surface area contributed by atoms with Crippen molar-refractivity contribution in [1.29, 1.82) is 0 Å². The Labute approximate surface area is 97.3 Å². The molecule has 0 amide bonds. The van der Waals surface area contributed by atoms with Crippen molar-refractivity contribution in [3.05, 3.63) is 35.9 Å². The fourth-order valence-corrected chi connectivity index (χ4v) is 2.41. The zero-order valence-electron chi connectivity index (χ0n) is 9.68. The largest absolute Gasteiger partial charge is 0.308 e. The van der Waals surface area contributed by atoms with Gasteiger partial charge in [-0.25, -0.2) is 13.1 Å². The molecule has 0 unspecified atom stereocenters. The average molecular weight is 242 g/mol. The van der Waals surface area contributed by atoms with Crippen molar-refractivity contribution in [1.82, 2.24) is 9.62 Å². The zero-order chi connectivity index (χ0) is 12.0. The Morgan fingerprint density at radius 1 is 1.19 bits per heavy atom. The van der Waals surface area contributed by atoms with Gasteiger partial charge in [0.2, 0.25) is 10.0 Å². The highest BCUT2D eigenvalue weighted by atomic mass is 32.2. The second-order valence-corrected chi connectivity index (χ2v) is 5.75. The summed E-state index contributed by atoms with van der Waals surface area (Å²) in [4.78, 5) is 1.94. The molecule has 0 saturated heterocycles. The lowest BCUT2D eigenvalue weighted by molar-refractivity contribution is 0.412. The molecule has 1 aromatic rings. The van der Waals surface area contributed by atoms with E-state index in [0.29, 0.717) is 13.1 Å². The Hall–Kier alpha value is -0.910. The topological polar surface area (TPSA) is 49.4 Å². The molecular formula is C11H18N2O2S. The van der Waals surface area contributed by atoms with E-state index in [1.54, 1.807) is 0 Å². The third kappa shape index (κ3) is 5.25. The van der Waals surface area contributed by atoms with E-state index in [-0.39, 0.29) is 5.75 Å². The van der Waals surface area contributed by atoms with E-state index in [4.69, 9.17) is 0 Å².